The van der Waals surface area contributed by atoms with Gasteiger partial charge in [-0.15, -0.1) is 0 Å². The van der Waals surface area contributed by atoms with Gasteiger partial charge in [-0.25, -0.2) is 13.4 Å². The van der Waals surface area contributed by atoms with E-state index in [2.05, 4.69) is 15.0 Å². The van der Waals surface area contributed by atoms with Crippen LogP contribution in [-0.4, -0.2) is 27.6 Å². The lowest BCUT2D eigenvalue weighted by Crippen LogP contribution is -2.16. The fraction of sp³-hybridized carbons (Fsp3) is 0.214. The number of aryl methyl sites for hydroxylation is 1. The van der Waals surface area contributed by atoms with Crippen molar-refractivity contribution in [3.63, 3.8) is 0 Å². The Morgan fingerprint density at radius 3 is 2.67 bits per heavy atom. The highest BCUT2D eigenvalue weighted by Gasteiger charge is 2.20. The van der Waals surface area contributed by atoms with Gasteiger partial charge in [-0.1, -0.05) is 6.07 Å². The zero-order chi connectivity index (χ0) is 15.5. The van der Waals surface area contributed by atoms with E-state index in [1.165, 1.54) is 19.4 Å². The molecule has 0 aliphatic carbocycles. The summed E-state index contributed by atoms with van der Waals surface area (Å²) in [5, 5.41) is 2.77. The molecule has 0 atom stereocenters. The molecule has 7 heteroatoms. The Hall–Kier alpha value is -2.28. The first-order chi connectivity index (χ1) is 9.97. The van der Waals surface area contributed by atoms with Crippen LogP contribution >= 0.6 is 0 Å². The van der Waals surface area contributed by atoms with Gasteiger partial charge in [0.05, 0.1) is 12.8 Å². The molecule has 2 rings (SSSR count). The summed E-state index contributed by atoms with van der Waals surface area (Å²) in [6, 6.07) is 8.34. The van der Waals surface area contributed by atoms with Crippen molar-refractivity contribution in [2.75, 3.05) is 24.2 Å². The van der Waals surface area contributed by atoms with Crippen molar-refractivity contribution in [2.24, 2.45) is 0 Å². The highest BCUT2D eigenvalue weighted by molar-refractivity contribution is 7.92. The minimum atomic E-state index is -3.76. The number of hydrogen-bond acceptors (Lipinski definition) is 5. The normalized spacial score (nSPS) is 11.0. The van der Waals surface area contributed by atoms with Crippen molar-refractivity contribution >= 4 is 21.5 Å². The van der Waals surface area contributed by atoms with Crippen LogP contribution in [0.5, 0.6) is 5.75 Å². The first-order valence-corrected chi connectivity index (χ1v) is 7.76. The molecule has 0 saturated carbocycles. The van der Waals surface area contributed by atoms with E-state index in [4.69, 9.17) is 4.74 Å². The fourth-order valence-electron chi connectivity index (χ4n) is 1.90. The van der Waals surface area contributed by atoms with E-state index in [9.17, 15) is 8.42 Å². The molecule has 0 radical (unpaired) electrons. The van der Waals surface area contributed by atoms with Gasteiger partial charge < -0.3 is 10.1 Å². The molecule has 1 aromatic carbocycles. The maximum Gasteiger partial charge on any atom is 0.265 e. The van der Waals surface area contributed by atoms with Crippen molar-refractivity contribution in [1.82, 2.24) is 4.98 Å². The highest BCUT2D eigenvalue weighted by atomic mass is 32.2. The first kappa shape index (κ1) is 15.1. The molecular formula is C14H17N3O3S. The van der Waals surface area contributed by atoms with Gasteiger partial charge in [0.25, 0.3) is 10.0 Å². The number of pyridine rings is 1. The second-order valence-corrected chi connectivity index (χ2v) is 6.06. The molecule has 0 bridgehead atoms. The Morgan fingerprint density at radius 1 is 1.24 bits per heavy atom. The standard InChI is InChI=1S/C14H17N3O3S/c1-10-6-7-12(20-3)11(9-10)17-21(18,19)13-5-4-8-16-14(13)15-2/h4-9,17H,1-3H3,(H,15,16). The Balaban J connectivity index is 2.45. The summed E-state index contributed by atoms with van der Waals surface area (Å²) in [6.07, 6.45) is 1.53. The summed E-state index contributed by atoms with van der Waals surface area (Å²) in [4.78, 5) is 4.08. The molecule has 2 N–H and O–H groups in total. The average molecular weight is 307 g/mol. The molecule has 0 saturated heterocycles. The van der Waals surface area contributed by atoms with Crippen molar-refractivity contribution in [3.8, 4) is 5.75 Å². The predicted molar refractivity (Wildman–Crippen MR) is 82.3 cm³/mol. The fourth-order valence-corrected chi connectivity index (χ4v) is 3.12. The van der Waals surface area contributed by atoms with Crippen LogP contribution in [0.15, 0.2) is 41.4 Å². The Bertz CT molecular complexity index is 745. The van der Waals surface area contributed by atoms with Gasteiger partial charge in [0.1, 0.15) is 16.5 Å². The van der Waals surface area contributed by atoms with Gasteiger partial charge in [0.15, 0.2) is 0 Å². The van der Waals surface area contributed by atoms with E-state index in [1.54, 1.807) is 25.2 Å². The predicted octanol–water partition coefficient (Wildman–Crippen LogP) is 2.24. The van der Waals surface area contributed by atoms with Crippen LogP contribution in [0.25, 0.3) is 0 Å². The molecule has 0 aliphatic heterocycles. The number of hydrogen-bond donors (Lipinski definition) is 2. The SMILES string of the molecule is CNc1ncccc1S(=O)(=O)Nc1cc(C)ccc1OC. The van der Waals surface area contributed by atoms with Gasteiger partial charge in [-0.05, 0) is 36.8 Å². The van der Waals surface area contributed by atoms with Crippen LogP contribution in [0.2, 0.25) is 0 Å². The molecule has 0 aliphatic rings. The maximum atomic E-state index is 12.5. The lowest BCUT2D eigenvalue weighted by molar-refractivity contribution is 0.417. The molecule has 0 fully saturated rings. The zero-order valence-electron chi connectivity index (χ0n) is 12.0. The largest absolute Gasteiger partial charge is 0.495 e. The van der Waals surface area contributed by atoms with E-state index in [-0.39, 0.29) is 10.7 Å². The summed E-state index contributed by atoms with van der Waals surface area (Å²) in [7, 11) is -0.649. The van der Waals surface area contributed by atoms with Gasteiger partial charge in [-0.2, -0.15) is 0 Å². The van der Waals surface area contributed by atoms with Crippen LogP contribution in [0.4, 0.5) is 11.5 Å². The van der Waals surface area contributed by atoms with E-state index >= 15 is 0 Å². The van der Waals surface area contributed by atoms with Crippen LogP contribution < -0.4 is 14.8 Å². The van der Waals surface area contributed by atoms with Gasteiger partial charge in [0, 0.05) is 13.2 Å². The molecule has 6 nitrogen and oxygen atoms in total. The van der Waals surface area contributed by atoms with Gasteiger partial charge >= 0.3 is 0 Å². The number of anilines is 2. The molecule has 0 amide bonds. The third kappa shape index (κ3) is 3.25. The van der Waals surface area contributed by atoms with E-state index in [1.807, 2.05) is 13.0 Å². The summed E-state index contributed by atoms with van der Waals surface area (Å²) in [6.45, 7) is 1.88. The summed E-state index contributed by atoms with van der Waals surface area (Å²) >= 11 is 0. The molecule has 1 heterocycles. The zero-order valence-corrected chi connectivity index (χ0v) is 12.9. The van der Waals surface area contributed by atoms with Crippen LogP contribution in [0.1, 0.15) is 5.56 Å². The van der Waals surface area contributed by atoms with E-state index in [0.29, 0.717) is 11.4 Å². The molecule has 1 aromatic heterocycles. The summed E-state index contributed by atoms with van der Waals surface area (Å²) < 4.78 is 32.7. The minimum Gasteiger partial charge on any atom is -0.495 e. The second-order valence-electron chi connectivity index (χ2n) is 4.41. The number of benzene rings is 1. The number of rotatable bonds is 5. The Kier molecular flexibility index (Phi) is 4.32. The van der Waals surface area contributed by atoms with Crippen molar-refractivity contribution in [2.45, 2.75) is 11.8 Å². The number of aromatic nitrogens is 1. The lowest BCUT2D eigenvalue weighted by atomic mass is 10.2. The van der Waals surface area contributed by atoms with Gasteiger partial charge in [-0.3, -0.25) is 4.72 Å². The van der Waals surface area contributed by atoms with Crippen molar-refractivity contribution in [3.05, 3.63) is 42.1 Å². The minimum absolute atomic E-state index is 0.0797. The smallest absolute Gasteiger partial charge is 0.265 e. The first-order valence-electron chi connectivity index (χ1n) is 6.28. The highest BCUT2D eigenvalue weighted by Crippen LogP contribution is 2.29. The molecular weight excluding hydrogens is 290 g/mol. The van der Waals surface area contributed by atoms with Crippen LogP contribution in [0, 0.1) is 6.92 Å². The maximum absolute atomic E-state index is 12.5. The van der Waals surface area contributed by atoms with Crippen LogP contribution in [-0.2, 0) is 10.0 Å². The quantitative estimate of drug-likeness (QED) is 0.885. The van der Waals surface area contributed by atoms with E-state index in [0.717, 1.165) is 5.56 Å². The second kappa shape index (κ2) is 6.01. The Morgan fingerprint density at radius 2 is 2.00 bits per heavy atom. The third-order valence-electron chi connectivity index (χ3n) is 2.90. The molecule has 2 aromatic rings. The van der Waals surface area contributed by atoms with Crippen molar-refractivity contribution in [1.29, 1.82) is 0 Å². The Labute approximate surface area is 124 Å². The number of sulfonamides is 1. The molecule has 0 unspecified atom stereocenters. The summed E-state index contributed by atoms with van der Waals surface area (Å²) in [5.41, 5.74) is 1.32. The molecule has 21 heavy (non-hydrogen) atoms. The van der Waals surface area contributed by atoms with Crippen LogP contribution in [0.3, 0.4) is 0 Å². The lowest BCUT2D eigenvalue weighted by Gasteiger charge is -2.14. The summed E-state index contributed by atoms with van der Waals surface area (Å²) in [5.74, 6) is 0.746. The molecule has 0 spiro atoms. The monoisotopic (exact) mass is 307 g/mol. The molecule has 112 valence electrons. The van der Waals surface area contributed by atoms with Gasteiger partial charge in [0.2, 0.25) is 0 Å². The van der Waals surface area contributed by atoms with Crippen molar-refractivity contribution < 1.29 is 13.2 Å². The average Bonchev–Trinajstić information content (AvgIpc) is 2.47. The number of methoxy groups -OCH3 is 1. The number of nitrogens with zero attached hydrogens (tertiary/aromatic N) is 1. The van der Waals surface area contributed by atoms with E-state index < -0.39 is 10.0 Å². The third-order valence-corrected chi connectivity index (χ3v) is 4.29. The number of nitrogens with one attached hydrogen (secondary N) is 2. The topological polar surface area (TPSA) is 80.3 Å². The number of ether oxygens (including phenoxy) is 1.